The molecular formula is C23H23FN6O2. The lowest BCUT2D eigenvalue weighted by molar-refractivity contribution is -0.132. The number of aromatic amines is 1. The third-order valence-corrected chi connectivity index (χ3v) is 5.92. The van der Waals surface area contributed by atoms with Gasteiger partial charge in [0.2, 0.25) is 5.91 Å². The van der Waals surface area contributed by atoms with Gasteiger partial charge in [0.1, 0.15) is 29.0 Å². The number of carbonyl (C=O) groups is 1. The van der Waals surface area contributed by atoms with Crippen LogP contribution >= 0.6 is 0 Å². The minimum Gasteiger partial charge on any atom is -0.383 e. The van der Waals surface area contributed by atoms with Gasteiger partial charge in [-0.25, -0.2) is 14.4 Å². The SMILES string of the molecule is N#Cc1cc(C2CCN(C(=O)CCCc3nc4c(F)cccc4c(=O)[nH]3)CC2)cnc1N. The molecule has 4 rings (SSSR count). The van der Waals surface area contributed by atoms with Crippen LogP contribution in [0.3, 0.4) is 0 Å². The predicted octanol–water partition coefficient (Wildman–Crippen LogP) is 2.64. The van der Waals surface area contributed by atoms with Crippen molar-refractivity contribution in [2.75, 3.05) is 18.8 Å². The minimum atomic E-state index is -0.535. The summed E-state index contributed by atoms with van der Waals surface area (Å²) in [4.78, 5) is 37.6. The molecular weight excluding hydrogens is 411 g/mol. The van der Waals surface area contributed by atoms with E-state index in [2.05, 4.69) is 21.0 Å². The maximum atomic E-state index is 14.0. The predicted molar refractivity (Wildman–Crippen MR) is 117 cm³/mol. The Labute approximate surface area is 183 Å². The molecule has 1 aliphatic rings. The summed E-state index contributed by atoms with van der Waals surface area (Å²) in [5, 5.41) is 9.35. The van der Waals surface area contributed by atoms with Crippen molar-refractivity contribution in [2.24, 2.45) is 0 Å². The molecule has 1 amide bonds. The van der Waals surface area contributed by atoms with Crippen molar-refractivity contribution in [2.45, 2.75) is 38.0 Å². The first kappa shape index (κ1) is 21.4. The molecule has 0 aliphatic carbocycles. The van der Waals surface area contributed by atoms with Crippen molar-refractivity contribution >= 4 is 22.6 Å². The number of rotatable bonds is 5. The lowest BCUT2D eigenvalue weighted by Gasteiger charge is -2.32. The van der Waals surface area contributed by atoms with Crippen molar-refractivity contribution in [3.8, 4) is 6.07 Å². The van der Waals surface area contributed by atoms with Crippen molar-refractivity contribution in [1.82, 2.24) is 19.9 Å². The first-order valence-electron chi connectivity index (χ1n) is 10.6. The number of nitrogen functional groups attached to an aromatic ring is 1. The summed E-state index contributed by atoms with van der Waals surface area (Å²) in [5.74, 6) is 0.357. The fraction of sp³-hybridized carbons (Fsp3) is 0.348. The smallest absolute Gasteiger partial charge is 0.258 e. The second kappa shape index (κ2) is 9.14. The average molecular weight is 434 g/mol. The highest BCUT2D eigenvalue weighted by molar-refractivity contribution is 5.78. The van der Waals surface area contributed by atoms with E-state index in [0.717, 1.165) is 18.4 Å². The molecule has 8 nitrogen and oxygen atoms in total. The summed E-state index contributed by atoms with van der Waals surface area (Å²) in [7, 11) is 0. The molecule has 0 radical (unpaired) electrons. The zero-order valence-corrected chi connectivity index (χ0v) is 17.5. The van der Waals surface area contributed by atoms with Crippen molar-refractivity contribution in [3.63, 3.8) is 0 Å². The molecule has 0 unspecified atom stereocenters. The van der Waals surface area contributed by atoms with Crippen LogP contribution in [-0.4, -0.2) is 38.8 Å². The van der Waals surface area contributed by atoms with E-state index in [4.69, 9.17) is 11.0 Å². The number of para-hydroxylation sites is 1. The van der Waals surface area contributed by atoms with Gasteiger partial charge < -0.3 is 15.6 Å². The van der Waals surface area contributed by atoms with E-state index in [9.17, 15) is 14.0 Å². The number of pyridine rings is 1. The van der Waals surface area contributed by atoms with Crippen LogP contribution in [0.25, 0.3) is 10.9 Å². The number of H-pyrrole nitrogens is 1. The van der Waals surface area contributed by atoms with E-state index in [0.29, 0.717) is 43.7 Å². The Morgan fingerprint density at radius 1 is 1.34 bits per heavy atom. The number of amides is 1. The lowest BCUT2D eigenvalue weighted by atomic mass is 9.89. The van der Waals surface area contributed by atoms with Crippen LogP contribution in [0.5, 0.6) is 0 Å². The first-order valence-corrected chi connectivity index (χ1v) is 10.6. The third-order valence-electron chi connectivity index (χ3n) is 5.92. The second-order valence-corrected chi connectivity index (χ2v) is 7.97. The minimum absolute atomic E-state index is 0.0471. The van der Waals surface area contributed by atoms with Gasteiger partial charge in [-0.2, -0.15) is 5.26 Å². The van der Waals surface area contributed by atoms with E-state index < -0.39 is 5.82 Å². The van der Waals surface area contributed by atoms with Crippen LogP contribution in [0.15, 0.2) is 35.3 Å². The topological polar surface area (TPSA) is 129 Å². The van der Waals surface area contributed by atoms with Crippen LogP contribution in [-0.2, 0) is 11.2 Å². The Bertz CT molecular complexity index is 1260. The van der Waals surface area contributed by atoms with E-state index in [1.807, 2.05) is 4.90 Å². The molecule has 9 heteroatoms. The number of aryl methyl sites for hydroxylation is 1. The lowest BCUT2D eigenvalue weighted by Crippen LogP contribution is -2.37. The van der Waals surface area contributed by atoms with Crippen LogP contribution in [0.2, 0.25) is 0 Å². The summed E-state index contributed by atoms with van der Waals surface area (Å²) in [6.07, 6.45) is 4.51. The summed E-state index contributed by atoms with van der Waals surface area (Å²) in [5.41, 5.74) is 6.72. The van der Waals surface area contributed by atoms with Gasteiger partial charge in [-0.3, -0.25) is 9.59 Å². The number of benzene rings is 1. The summed E-state index contributed by atoms with van der Waals surface area (Å²) >= 11 is 0. The molecule has 0 spiro atoms. The normalized spacial score (nSPS) is 14.4. The number of likely N-dealkylation sites (tertiary alicyclic amines) is 1. The number of anilines is 1. The van der Waals surface area contributed by atoms with Crippen molar-refractivity contribution in [1.29, 1.82) is 5.26 Å². The first-order chi connectivity index (χ1) is 15.5. The number of nitrogens with two attached hydrogens (primary N) is 1. The number of hydrogen-bond donors (Lipinski definition) is 2. The van der Waals surface area contributed by atoms with Gasteiger partial charge >= 0.3 is 0 Å². The van der Waals surface area contributed by atoms with Crippen LogP contribution < -0.4 is 11.3 Å². The summed E-state index contributed by atoms with van der Waals surface area (Å²) in [6.45, 7) is 1.26. The Morgan fingerprint density at radius 2 is 2.12 bits per heavy atom. The molecule has 0 atom stereocenters. The average Bonchev–Trinajstić information content (AvgIpc) is 2.80. The zero-order valence-electron chi connectivity index (χ0n) is 17.5. The summed E-state index contributed by atoms with van der Waals surface area (Å²) in [6, 6.07) is 8.11. The van der Waals surface area contributed by atoms with Gasteiger partial charge in [0, 0.05) is 32.1 Å². The van der Waals surface area contributed by atoms with Gasteiger partial charge in [-0.1, -0.05) is 6.07 Å². The van der Waals surface area contributed by atoms with Gasteiger partial charge in [0.15, 0.2) is 0 Å². The van der Waals surface area contributed by atoms with E-state index in [-0.39, 0.29) is 34.1 Å². The highest BCUT2D eigenvalue weighted by Gasteiger charge is 2.24. The molecule has 164 valence electrons. The van der Waals surface area contributed by atoms with Gasteiger partial charge in [-0.05, 0) is 48.9 Å². The fourth-order valence-corrected chi connectivity index (χ4v) is 4.12. The number of fused-ring (bicyclic) bond motifs is 1. The van der Waals surface area contributed by atoms with Crippen molar-refractivity contribution < 1.29 is 9.18 Å². The van der Waals surface area contributed by atoms with Crippen LogP contribution in [0.4, 0.5) is 10.2 Å². The molecule has 0 bridgehead atoms. The zero-order chi connectivity index (χ0) is 22.7. The van der Waals surface area contributed by atoms with Gasteiger partial charge in [-0.15, -0.1) is 0 Å². The largest absolute Gasteiger partial charge is 0.383 e. The number of nitrogens with zero attached hydrogens (tertiary/aromatic N) is 4. The molecule has 3 heterocycles. The number of nitriles is 1. The number of halogens is 1. The molecule has 0 saturated carbocycles. The van der Waals surface area contributed by atoms with Gasteiger partial charge in [0.05, 0.1) is 10.9 Å². The van der Waals surface area contributed by atoms with Crippen molar-refractivity contribution in [3.05, 3.63) is 63.6 Å². The monoisotopic (exact) mass is 434 g/mol. The maximum absolute atomic E-state index is 14.0. The molecule has 1 aromatic carbocycles. The number of aromatic nitrogens is 3. The Kier molecular flexibility index (Phi) is 6.12. The Morgan fingerprint density at radius 3 is 2.88 bits per heavy atom. The molecule has 1 saturated heterocycles. The van der Waals surface area contributed by atoms with E-state index in [1.165, 1.54) is 18.2 Å². The molecule has 3 aromatic rings. The molecule has 32 heavy (non-hydrogen) atoms. The number of nitrogens with one attached hydrogen (secondary N) is 1. The number of piperidine rings is 1. The number of carbonyl (C=O) groups excluding carboxylic acids is 1. The third kappa shape index (κ3) is 4.44. The van der Waals surface area contributed by atoms with Gasteiger partial charge in [0.25, 0.3) is 5.56 Å². The molecule has 3 N–H and O–H groups in total. The van der Waals surface area contributed by atoms with Crippen LogP contribution in [0.1, 0.15) is 48.6 Å². The van der Waals surface area contributed by atoms with Crippen LogP contribution in [0, 0.1) is 17.1 Å². The number of hydrogen-bond acceptors (Lipinski definition) is 6. The quantitative estimate of drug-likeness (QED) is 0.635. The molecule has 1 aliphatic heterocycles. The highest BCUT2D eigenvalue weighted by Crippen LogP contribution is 2.29. The fourth-order valence-electron chi connectivity index (χ4n) is 4.12. The van der Waals surface area contributed by atoms with E-state index >= 15 is 0 Å². The van der Waals surface area contributed by atoms with E-state index in [1.54, 1.807) is 12.3 Å². The second-order valence-electron chi connectivity index (χ2n) is 7.97. The Balaban J connectivity index is 1.30. The Hall–Kier alpha value is -3.80. The highest BCUT2D eigenvalue weighted by atomic mass is 19.1. The molecule has 2 aromatic heterocycles. The summed E-state index contributed by atoms with van der Waals surface area (Å²) < 4.78 is 14.0. The maximum Gasteiger partial charge on any atom is 0.258 e. The molecule has 1 fully saturated rings. The standard InChI is InChI=1S/C23H23FN6O2/c24-18-4-1-3-17-21(18)28-19(29-23(17)32)5-2-6-20(31)30-9-7-14(8-10-30)16-11-15(12-25)22(26)27-13-16/h1,3-4,11,13-14H,2,5-10H2,(H2,26,27)(H,28,29,32).